The molecule has 0 amide bonds. The van der Waals surface area contributed by atoms with Crippen molar-refractivity contribution in [3.05, 3.63) is 17.8 Å². The van der Waals surface area contributed by atoms with Crippen molar-refractivity contribution in [1.82, 2.24) is 4.98 Å². The molecule has 0 radical (unpaired) electrons. The lowest BCUT2D eigenvalue weighted by Crippen LogP contribution is -2.32. The third-order valence-corrected chi connectivity index (χ3v) is 2.35. The smallest absolute Gasteiger partial charge is 0.339 e. The summed E-state index contributed by atoms with van der Waals surface area (Å²) in [5.41, 5.74) is 6.05. The van der Waals surface area contributed by atoms with E-state index in [9.17, 15) is 4.79 Å². The molecule has 0 saturated heterocycles. The molecule has 5 nitrogen and oxygen atoms in total. The Balaban J connectivity index is 3.26. The van der Waals surface area contributed by atoms with E-state index in [1.165, 1.54) is 12.3 Å². The first-order valence-corrected chi connectivity index (χ1v) is 5.22. The van der Waals surface area contributed by atoms with Crippen LogP contribution in [-0.4, -0.2) is 28.6 Å². The number of nitrogens with two attached hydrogens (primary N) is 1. The quantitative estimate of drug-likeness (QED) is 0.810. The zero-order chi connectivity index (χ0) is 12.3. The average Bonchev–Trinajstić information content (AvgIpc) is 2.20. The Bertz CT molecular complexity index is 391. The molecule has 0 aliphatic heterocycles. The lowest BCUT2D eigenvalue weighted by atomic mass is 10.2. The van der Waals surface area contributed by atoms with Gasteiger partial charge in [-0.25, -0.2) is 9.78 Å². The number of carbonyl (C=O) groups is 1. The van der Waals surface area contributed by atoms with Crippen LogP contribution < -0.4 is 10.6 Å². The van der Waals surface area contributed by atoms with E-state index in [1.807, 2.05) is 25.7 Å². The van der Waals surface area contributed by atoms with Crippen molar-refractivity contribution in [1.29, 1.82) is 0 Å². The van der Waals surface area contributed by atoms with Crippen LogP contribution in [0.15, 0.2) is 12.3 Å². The molecule has 0 saturated carbocycles. The molecule has 5 heteroatoms. The lowest BCUT2D eigenvalue weighted by Gasteiger charge is -2.27. The van der Waals surface area contributed by atoms with Crippen LogP contribution in [0.2, 0.25) is 0 Å². The first-order valence-electron chi connectivity index (χ1n) is 5.22. The van der Waals surface area contributed by atoms with E-state index in [-0.39, 0.29) is 11.6 Å². The summed E-state index contributed by atoms with van der Waals surface area (Å²) in [6.07, 6.45) is 1.48. The Morgan fingerprint density at radius 2 is 2.25 bits per heavy atom. The van der Waals surface area contributed by atoms with Gasteiger partial charge in [-0.15, -0.1) is 0 Å². The third kappa shape index (κ3) is 2.42. The van der Waals surface area contributed by atoms with Gasteiger partial charge in [0.1, 0.15) is 11.4 Å². The van der Waals surface area contributed by atoms with Crippen LogP contribution in [0.4, 0.5) is 11.5 Å². The molecule has 3 N–H and O–H groups in total. The SMILES string of the molecule is CCN(c1ncc(N)cc1C(=O)O)C(C)C. The van der Waals surface area contributed by atoms with E-state index >= 15 is 0 Å². The minimum absolute atomic E-state index is 0.149. The number of hydrogen-bond donors (Lipinski definition) is 2. The van der Waals surface area contributed by atoms with Gasteiger partial charge in [0.25, 0.3) is 0 Å². The van der Waals surface area contributed by atoms with Crippen LogP contribution in [-0.2, 0) is 0 Å². The Morgan fingerprint density at radius 1 is 1.62 bits per heavy atom. The minimum atomic E-state index is -1.01. The second kappa shape index (κ2) is 4.83. The number of pyridine rings is 1. The summed E-state index contributed by atoms with van der Waals surface area (Å²) < 4.78 is 0. The maximum absolute atomic E-state index is 11.1. The van der Waals surface area contributed by atoms with Crippen LogP contribution in [0.1, 0.15) is 31.1 Å². The number of carboxylic acid groups (broad SMARTS) is 1. The second-order valence-electron chi connectivity index (χ2n) is 3.82. The van der Waals surface area contributed by atoms with Gasteiger partial charge in [0.05, 0.1) is 11.9 Å². The topological polar surface area (TPSA) is 79.5 Å². The highest BCUT2D eigenvalue weighted by molar-refractivity contribution is 5.94. The fourth-order valence-corrected chi connectivity index (χ4v) is 1.62. The number of carboxylic acids is 1. The van der Waals surface area contributed by atoms with Crippen molar-refractivity contribution in [3.63, 3.8) is 0 Å². The van der Waals surface area contributed by atoms with E-state index < -0.39 is 5.97 Å². The zero-order valence-electron chi connectivity index (χ0n) is 9.77. The molecule has 0 fully saturated rings. The van der Waals surface area contributed by atoms with Gasteiger partial charge in [0, 0.05) is 12.6 Å². The Labute approximate surface area is 94.9 Å². The molecule has 1 rings (SSSR count). The maximum atomic E-state index is 11.1. The van der Waals surface area contributed by atoms with Crippen LogP contribution in [0, 0.1) is 0 Å². The van der Waals surface area contributed by atoms with Crippen molar-refractivity contribution in [2.45, 2.75) is 26.8 Å². The molecule has 0 aliphatic carbocycles. The fourth-order valence-electron chi connectivity index (χ4n) is 1.62. The van der Waals surface area contributed by atoms with Crippen LogP contribution in [0.25, 0.3) is 0 Å². The number of hydrogen-bond acceptors (Lipinski definition) is 4. The number of aromatic nitrogens is 1. The number of aromatic carboxylic acids is 1. The molecule has 0 aliphatic rings. The normalized spacial score (nSPS) is 10.5. The van der Waals surface area contributed by atoms with Gasteiger partial charge in [0.15, 0.2) is 0 Å². The highest BCUT2D eigenvalue weighted by Gasteiger charge is 2.18. The van der Waals surface area contributed by atoms with Gasteiger partial charge < -0.3 is 15.7 Å². The first kappa shape index (κ1) is 12.3. The van der Waals surface area contributed by atoms with Crippen molar-refractivity contribution >= 4 is 17.5 Å². The minimum Gasteiger partial charge on any atom is -0.478 e. The molecule has 0 unspecified atom stereocenters. The fraction of sp³-hybridized carbons (Fsp3) is 0.455. The Hall–Kier alpha value is -1.78. The predicted molar refractivity (Wildman–Crippen MR) is 63.8 cm³/mol. The Kier molecular flexibility index (Phi) is 3.71. The van der Waals surface area contributed by atoms with E-state index in [1.54, 1.807) is 0 Å². The van der Waals surface area contributed by atoms with Crippen molar-refractivity contribution in [3.8, 4) is 0 Å². The molecule has 1 aromatic heterocycles. The molecule has 88 valence electrons. The molecule has 1 aromatic rings. The molecule has 16 heavy (non-hydrogen) atoms. The number of anilines is 2. The number of nitrogens with zero attached hydrogens (tertiary/aromatic N) is 2. The molecule has 0 aromatic carbocycles. The van der Waals surface area contributed by atoms with Crippen molar-refractivity contribution in [2.24, 2.45) is 0 Å². The van der Waals surface area contributed by atoms with Gasteiger partial charge in [0.2, 0.25) is 0 Å². The van der Waals surface area contributed by atoms with Crippen LogP contribution >= 0.6 is 0 Å². The number of rotatable bonds is 4. The van der Waals surface area contributed by atoms with Gasteiger partial charge in [-0.1, -0.05) is 0 Å². The molecule has 0 atom stereocenters. The summed E-state index contributed by atoms with van der Waals surface area (Å²) in [5, 5.41) is 9.09. The zero-order valence-corrected chi connectivity index (χ0v) is 9.77. The average molecular weight is 223 g/mol. The Morgan fingerprint density at radius 3 is 2.69 bits per heavy atom. The monoisotopic (exact) mass is 223 g/mol. The summed E-state index contributed by atoms with van der Waals surface area (Å²) in [5.74, 6) is -0.534. The summed E-state index contributed by atoms with van der Waals surface area (Å²) >= 11 is 0. The molecular weight excluding hydrogens is 206 g/mol. The lowest BCUT2D eigenvalue weighted by molar-refractivity contribution is 0.0697. The predicted octanol–water partition coefficient (Wildman–Crippen LogP) is 1.60. The van der Waals surface area contributed by atoms with E-state index in [0.717, 1.165) is 0 Å². The van der Waals surface area contributed by atoms with Gasteiger partial charge in [-0.3, -0.25) is 0 Å². The molecule has 0 bridgehead atoms. The summed E-state index contributed by atoms with van der Waals surface area (Å²) in [4.78, 5) is 17.1. The number of nitrogen functional groups attached to an aromatic ring is 1. The van der Waals surface area contributed by atoms with Gasteiger partial charge in [-0.2, -0.15) is 0 Å². The van der Waals surface area contributed by atoms with Crippen molar-refractivity contribution in [2.75, 3.05) is 17.2 Å². The highest BCUT2D eigenvalue weighted by Crippen LogP contribution is 2.21. The van der Waals surface area contributed by atoms with Gasteiger partial charge in [-0.05, 0) is 26.8 Å². The van der Waals surface area contributed by atoms with E-state index in [4.69, 9.17) is 10.8 Å². The van der Waals surface area contributed by atoms with Crippen LogP contribution in [0.3, 0.4) is 0 Å². The second-order valence-corrected chi connectivity index (χ2v) is 3.82. The van der Waals surface area contributed by atoms with Crippen LogP contribution in [0.5, 0.6) is 0 Å². The summed E-state index contributed by atoms with van der Waals surface area (Å²) in [6, 6.07) is 1.63. The standard InChI is InChI=1S/C11H17N3O2/c1-4-14(7(2)3)10-9(11(15)16)5-8(12)6-13-10/h5-7H,4,12H2,1-3H3,(H,15,16). The van der Waals surface area contributed by atoms with E-state index in [2.05, 4.69) is 4.98 Å². The summed E-state index contributed by atoms with van der Waals surface area (Å²) in [7, 11) is 0. The summed E-state index contributed by atoms with van der Waals surface area (Å²) in [6.45, 7) is 6.65. The van der Waals surface area contributed by atoms with E-state index in [0.29, 0.717) is 18.1 Å². The molecular formula is C11H17N3O2. The van der Waals surface area contributed by atoms with Gasteiger partial charge >= 0.3 is 5.97 Å². The largest absolute Gasteiger partial charge is 0.478 e. The van der Waals surface area contributed by atoms with Crippen molar-refractivity contribution < 1.29 is 9.90 Å². The highest BCUT2D eigenvalue weighted by atomic mass is 16.4. The third-order valence-electron chi connectivity index (χ3n) is 2.35. The molecule has 1 heterocycles. The molecule has 0 spiro atoms. The maximum Gasteiger partial charge on any atom is 0.339 e. The first-order chi connectivity index (χ1) is 7.47.